The Morgan fingerprint density at radius 2 is 1.72 bits per heavy atom. The zero-order valence-electron chi connectivity index (χ0n) is 23.5. The highest BCUT2D eigenvalue weighted by Crippen LogP contribution is 2.44. The van der Waals surface area contributed by atoms with E-state index in [0.717, 1.165) is 34.4 Å². The number of nitrogens with zero attached hydrogens (tertiary/aromatic N) is 2. The van der Waals surface area contributed by atoms with Crippen LogP contribution in [0, 0.1) is 0 Å². The number of halogens is 1. The Labute approximate surface area is 236 Å². The Kier molecular flexibility index (Phi) is 8.86. The van der Waals surface area contributed by atoms with Gasteiger partial charge in [-0.1, -0.05) is 42.8 Å². The Hall–Kier alpha value is -3.51. The van der Waals surface area contributed by atoms with Crippen molar-refractivity contribution in [3.05, 3.63) is 87.9 Å². The van der Waals surface area contributed by atoms with Crippen LogP contribution in [0.5, 0.6) is 11.5 Å². The highest BCUT2D eigenvalue weighted by Gasteiger charge is 2.36. The molecule has 206 valence electrons. The second-order valence-corrected chi connectivity index (χ2v) is 10.4. The van der Waals surface area contributed by atoms with Gasteiger partial charge in [0.25, 0.3) is 0 Å². The largest absolute Gasteiger partial charge is 0.493 e. The van der Waals surface area contributed by atoms with E-state index < -0.39 is 0 Å². The molecule has 1 aliphatic rings. The second-order valence-electron chi connectivity index (χ2n) is 10.0. The van der Waals surface area contributed by atoms with E-state index in [2.05, 4.69) is 6.92 Å². The van der Waals surface area contributed by atoms with Crippen molar-refractivity contribution in [2.45, 2.75) is 65.6 Å². The number of benzene rings is 3. The van der Waals surface area contributed by atoms with E-state index >= 15 is 0 Å². The quantitative estimate of drug-likeness (QED) is 0.285. The summed E-state index contributed by atoms with van der Waals surface area (Å²) in [4.78, 5) is 29.5. The standard InChI is InChI=1S/C32H37ClN2O4/c1-7-20(3)39-30-19-28-25(17-29(30)38-6)18-31(37)35(32(28)24-9-13-26(33)14-10-24)27-15-11-23(12-16-27)21(4)34(8-2)22(5)36/h9-17,19-21,32H,7-8,18H2,1-6H3/t20-,21+,32+/m1/s1. The van der Waals surface area contributed by atoms with Crippen LogP contribution in [0.2, 0.25) is 5.02 Å². The van der Waals surface area contributed by atoms with E-state index in [1.807, 2.05) is 91.2 Å². The minimum Gasteiger partial charge on any atom is -0.493 e. The predicted octanol–water partition coefficient (Wildman–Crippen LogP) is 7.13. The molecule has 1 aliphatic heterocycles. The molecule has 0 N–H and O–H groups in total. The van der Waals surface area contributed by atoms with Gasteiger partial charge >= 0.3 is 0 Å². The third-order valence-corrected chi connectivity index (χ3v) is 7.80. The molecule has 3 aromatic carbocycles. The average Bonchev–Trinajstić information content (AvgIpc) is 2.93. The normalized spacial score (nSPS) is 16.3. The number of hydrogen-bond donors (Lipinski definition) is 0. The monoisotopic (exact) mass is 548 g/mol. The van der Waals surface area contributed by atoms with E-state index in [4.69, 9.17) is 21.1 Å². The van der Waals surface area contributed by atoms with Crippen molar-refractivity contribution in [2.75, 3.05) is 18.6 Å². The van der Waals surface area contributed by atoms with Gasteiger partial charge in [-0.3, -0.25) is 9.59 Å². The number of hydrogen-bond acceptors (Lipinski definition) is 4. The van der Waals surface area contributed by atoms with Crippen LogP contribution in [0.4, 0.5) is 5.69 Å². The number of anilines is 1. The zero-order chi connectivity index (χ0) is 28.3. The van der Waals surface area contributed by atoms with E-state index in [-0.39, 0.29) is 36.4 Å². The molecule has 1 heterocycles. The van der Waals surface area contributed by atoms with Gasteiger partial charge in [-0.05, 0) is 85.8 Å². The maximum absolute atomic E-state index is 13.8. The molecule has 0 aliphatic carbocycles. The molecule has 0 spiro atoms. The fourth-order valence-corrected chi connectivity index (χ4v) is 5.36. The van der Waals surface area contributed by atoms with Gasteiger partial charge < -0.3 is 19.3 Å². The molecule has 2 amide bonds. The van der Waals surface area contributed by atoms with Gasteiger partial charge in [-0.25, -0.2) is 0 Å². The van der Waals surface area contributed by atoms with Crippen LogP contribution in [0.3, 0.4) is 0 Å². The number of carbonyl (C=O) groups is 2. The number of ether oxygens (including phenoxy) is 2. The van der Waals surface area contributed by atoms with Crippen LogP contribution in [0.25, 0.3) is 0 Å². The Morgan fingerprint density at radius 3 is 2.28 bits per heavy atom. The molecule has 7 heteroatoms. The average molecular weight is 549 g/mol. The van der Waals surface area contributed by atoms with Crippen molar-refractivity contribution in [1.82, 2.24) is 4.90 Å². The summed E-state index contributed by atoms with van der Waals surface area (Å²) in [7, 11) is 1.62. The summed E-state index contributed by atoms with van der Waals surface area (Å²) in [6, 6.07) is 19.0. The molecule has 0 saturated heterocycles. The second kappa shape index (κ2) is 12.1. The third-order valence-electron chi connectivity index (χ3n) is 7.54. The van der Waals surface area contributed by atoms with Crippen molar-refractivity contribution < 1.29 is 19.1 Å². The number of rotatable bonds is 9. The van der Waals surface area contributed by atoms with Gasteiger partial charge in [-0.2, -0.15) is 0 Å². The van der Waals surface area contributed by atoms with Crippen molar-refractivity contribution >= 4 is 29.1 Å². The zero-order valence-corrected chi connectivity index (χ0v) is 24.3. The molecule has 39 heavy (non-hydrogen) atoms. The van der Waals surface area contributed by atoms with Crippen LogP contribution in [0.1, 0.15) is 75.4 Å². The Morgan fingerprint density at radius 1 is 1.05 bits per heavy atom. The van der Waals surface area contributed by atoms with Gasteiger partial charge in [-0.15, -0.1) is 0 Å². The van der Waals surface area contributed by atoms with E-state index in [1.165, 1.54) is 0 Å². The van der Waals surface area contributed by atoms with Crippen LogP contribution in [-0.2, 0) is 16.0 Å². The smallest absolute Gasteiger partial charge is 0.232 e. The number of carbonyl (C=O) groups excluding carboxylic acids is 2. The fraction of sp³-hybridized carbons (Fsp3) is 0.375. The predicted molar refractivity (Wildman–Crippen MR) is 156 cm³/mol. The lowest BCUT2D eigenvalue weighted by Gasteiger charge is -2.38. The van der Waals surface area contributed by atoms with E-state index in [9.17, 15) is 9.59 Å². The topological polar surface area (TPSA) is 59.1 Å². The van der Waals surface area contributed by atoms with Gasteiger partial charge in [0.2, 0.25) is 11.8 Å². The number of amides is 2. The van der Waals surface area contributed by atoms with Crippen molar-refractivity contribution in [1.29, 1.82) is 0 Å². The highest BCUT2D eigenvalue weighted by atomic mass is 35.5. The maximum Gasteiger partial charge on any atom is 0.232 e. The molecule has 3 atom stereocenters. The third kappa shape index (κ3) is 5.91. The van der Waals surface area contributed by atoms with Crippen LogP contribution >= 0.6 is 11.6 Å². The summed E-state index contributed by atoms with van der Waals surface area (Å²) in [5, 5.41) is 0.632. The molecular formula is C32H37ClN2O4. The molecule has 0 radical (unpaired) electrons. The van der Waals surface area contributed by atoms with Gasteiger partial charge in [0, 0.05) is 24.2 Å². The Bertz CT molecular complexity index is 1320. The molecule has 0 aromatic heterocycles. The van der Waals surface area contributed by atoms with Crippen LogP contribution < -0.4 is 14.4 Å². The highest BCUT2D eigenvalue weighted by molar-refractivity contribution is 6.30. The summed E-state index contributed by atoms with van der Waals surface area (Å²) in [5.74, 6) is 1.30. The van der Waals surface area contributed by atoms with Crippen LogP contribution in [0.15, 0.2) is 60.7 Å². The van der Waals surface area contributed by atoms with E-state index in [1.54, 1.807) is 14.0 Å². The molecule has 0 saturated carbocycles. The summed E-state index contributed by atoms with van der Waals surface area (Å²) >= 11 is 6.23. The first-order valence-electron chi connectivity index (χ1n) is 13.5. The first kappa shape index (κ1) is 28.5. The van der Waals surface area contributed by atoms with Crippen molar-refractivity contribution in [2.24, 2.45) is 0 Å². The molecule has 0 fully saturated rings. The Balaban J connectivity index is 1.82. The lowest BCUT2D eigenvalue weighted by atomic mass is 9.86. The fourth-order valence-electron chi connectivity index (χ4n) is 5.24. The van der Waals surface area contributed by atoms with Crippen molar-refractivity contribution in [3.63, 3.8) is 0 Å². The van der Waals surface area contributed by atoms with Gasteiger partial charge in [0.15, 0.2) is 11.5 Å². The SMILES string of the molecule is CC[C@@H](C)Oc1cc2c(cc1OC)CC(=O)N(c1ccc([C@H](C)N(CC)C(C)=O)cc1)[C@H]2c1ccc(Cl)cc1. The summed E-state index contributed by atoms with van der Waals surface area (Å²) in [5.41, 5.74) is 4.64. The summed E-state index contributed by atoms with van der Waals surface area (Å²) in [6.07, 6.45) is 1.11. The minimum atomic E-state index is -0.378. The number of methoxy groups -OCH3 is 1. The molecular weight excluding hydrogens is 512 g/mol. The molecule has 3 aromatic rings. The molecule has 0 bridgehead atoms. The lowest BCUT2D eigenvalue weighted by Crippen LogP contribution is -2.41. The molecule has 0 unspecified atom stereocenters. The minimum absolute atomic E-state index is 0.0134. The van der Waals surface area contributed by atoms with Crippen molar-refractivity contribution in [3.8, 4) is 11.5 Å². The lowest BCUT2D eigenvalue weighted by molar-refractivity contribution is -0.130. The van der Waals surface area contributed by atoms with Gasteiger partial charge in [0.1, 0.15) is 0 Å². The summed E-state index contributed by atoms with van der Waals surface area (Å²) in [6.45, 7) is 10.3. The first-order valence-corrected chi connectivity index (χ1v) is 13.9. The van der Waals surface area contributed by atoms with Gasteiger partial charge in [0.05, 0.1) is 31.7 Å². The molecule has 6 nitrogen and oxygen atoms in total. The number of fused-ring (bicyclic) bond motifs is 1. The van der Waals surface area contributed by atoms with Crippen LogP contribution in [-0.4, -0.2) is 36.5 Å². The first-order chi connectivity index (χ1) is 18.7. The van der Waals surface area contributed by atoms with E-state index in [0.29, 0.717) is 23.1 Å². The summed E-state index contributed by atoms with van der Waals surface area (Å²) < 4.78 is 11.9. The maximum atomic E-state index is 13.8. The molecule has 4 rings (SSSR count).